The molecule has 1 aliphatic carbocycles. The zero-order valence-electron chi connectivity index (χ0n) is 17.0. The molecule has 150 valence electrons. The van der Waals surface area contributed by atoms with E-state index in [0.717, 1.165) is 30.7 Å². The zero-order chi connectivity index (χ0) is 19.9. The summed E-state index contributed by atoms with van der Waals surface area (Å²) in [5, 5.41) is 0.409. The van der Waals surface area contributed by atoms with Crippen LogP contribution in [0.1, 0.15) is 43.5 Å². The Balaban J connectivity index is 1.86. The molecule has 3 rings (SSSR count). The second-order valence-corrected chi connectivity index (χ2v) is 8.00. The molecular weight excluding hydrogens is 372 g/mol. The van der Waals surface area contributed by atoms with E-state index in [-0.39, 0.29) is 0 Å². The molecule has 5 heteroatoms. The molecule has 0 aliphatic heterocycles. The number of aromatic nitrogens is 1. The van der Waals surface area contributed by atoms with Crippen LogP contribution >= 0.6 is 11.6 Å². The first kappa shape index (κ1) is 20.8. The lowest BCUT2D eigenvalue weighted by Gasteiger charge is -2.28. The van der Waals surface area contributed by atoms with Crippen LogP contribution in [0.25, 0.3) is 0 Å². The Morgan fingerprint density at radius 3 is 2.68 bits per heavy atom. The average Bonchev–Trinajstić information content (AvgIpc) is 2.70. The molecule has 0 radical (unpaired) electrons. The van der Waals surface area contributed by atoms with Crippen molar-refractivity contribution in [3.63, 3.8) is 0 Å². The predicted octanol–water partition coefficient (Wildman–Crippen LogP) is 5.36. The summed E-state index contributed by atoms with van der Waals surface area (Å²) < 4.78 is 10.9. The maximum atomic E-state index is 6.43. The van der Waals surface area contributed by atoms with E-state index in [9.17, 15) is 0 Å². The summed E-state index contributed by atoms with van der Waals surface area (Å²) in [4.78, 5) is 9.60. The van der Waals surface area contributed by atoms with Crippen LogP contribution in [0.5, 0.6) is 5.75 Å². The van der Waals surface area contributed by atoms with E-state index in [1.165, 1.54) is 11.1 Å². The van der Waals surface area contributed by atoms with Gasteiger partial charge in [0.1, 0.15) is 0 Å². The predicted molar refractivity (Wildman–Crippen MR) is 115 cm³/mol. The highest BCUT2D eigenvalue weighted by Crippen LogP contribution is 2.34. The van der Waals surface area contributed by atoms with Gasteiger partial charge in [0.25, 0.3) is 0 Å². The van der Waals surface area contributed by atoms with E-state index in [2.05, 4.69) is 37.0 Å². The maximum Gasteiger partial charge on any atom is 0.171 e. The molecule has 0 fully saturated rings. The molecule has 0 saturated carbocycles. The van der Waals surface area contributed by atoms with Crippen molar-refractivity contribution >= 4 is 17.3 Å². The van der Waals surface area contributed by atoms with Crippen molar-refractivity contribution in [2.75, 3.05) is 20.3 Å². The van der Waals surface area contributed by atoms with Crippen molar-refractivity contribution in [2.24, 2.45) is 16.8 Å². The second-order valence-electron chi connectivity index (χ2n) is 7.64. The van der Waals surface area contributed by atoms with Gasteiger partial charge in [0.15, 0.2) is 10.9 Å². The topological polar surface area (TPSA) is 43.7 Å². The number of pyridine rings is 1. The van der Waals surface area contributed by atoms with Gasteiger partial charge < -0.3 is 9.47 Å². The lowest BCUT2D eigenvalue weighted by atomic mass is 9.79. The van der Waals surface area contributed by atoms with E-state index in [4.69, 9.17) is 26.1 Å². The van der Waals surface area contributed by atoms with E-state index in [1.807, 2.05) is 18.2 Å². The Labute approximate surface area is 173 Å². The summed E-state index contributed by atoms with van der Waals surface area (Å²) >= 11 is 6.43. The van der Waals surface area contributed by atoms with Gasteiger partial charge in [0.05, 0.1) is 24.6 Å². The Morgan fingerprint density at radius 1 is 1.18 bits per heavy atom. The Kier molecular flexibility index (Phi) is 7.46. The van der Waals surface area contributed by atoms with Gasteiger partial charge in [0, 0.05) is 20.1 Å². The summed E-state index contributed by atoms with van der Waals surface area (Å²) in [6.45, 7) is 6.44. The van der Waals surface area contributed by atoms with Crippen LogP contribution in [0, 0.1) is 11.8 Å². The van der Waals surface area contributed by atoms with Gasteiger partial charge in [-0.15, -0.1) is 0 Å². The van der Waals surface area contributed by atoms with Gasteiger partial charge in [-0.25, -0.2) is 4.98 Å². The molecule has 0 saturated heterocycles. The van der Waals surface area contributed by atoms with Crippen molar-refractivity contribution in [3.05, 3.63) is 58.4 Å². The van der Waals surface area contributed by atoms with Crippen molar-refractivity contribution in [3.8, 4) is 5.75 Å². The third-order valence-corrected chi connectivity index (χ3v) is 5.49. The summed E-state index contributed by atoms with van der Waals surface area (Å²) in [7, 11) is 1.69. The number of hydrogen-bond donors (Lipinski definition) is 0. The van der Waals surface area contributed by atoms with Crippen LogP contribution < -0.4 is 4.74 Å². The van der Waals surface area contributed by atoms with Crippen LogP contribution in [0.3, 0.4) is 0 Å². The molecule has 1 aliphatic rings. The maximum absolute atomic E-state index is 6.43. The van der Waals surface area contributed by atoms with Gasteiger partial charge in [0.2, 0.25) is 0 Å². The first-order valence-electron chi connectivity index (χ1n) is 9.97. The first-order chi connectivity index (χ1) is 13.6. The number of benzene rings is 1. The largest absolute Gasteiger partial charge is 0.490 e. The van der Waals surface area contributed by atoms with E-state index < -0.39 is 0 Å². The van der Waals surface area contributed by atoms with Gasteiger partial charge >= 0.3 is 0 Å². The summed E-state index contributed by atoms with van der Waals surface area (Å²) in [5.41, 5.74) is 4.37. The highest BCUT2D eigenvalue weighted by atomic mass is 35.5. The molecule has 1 unspecified atom stereocenters. The summed E-state index contributed by atoms with van der Waals surface area (Å²) in [5.74, 6) is 1.78. The lowest BCUT2D eigenvalue weighted by Crippen LogP contribution is -2.26. The number of methoxy groups -OCH3 is 1. The SMILES string of the molecule is COCCCOc1cc2c(nc1Cl)C(=NCc1ccccc1)CC(C(C)C)C2. The van der Waals surface area contributed by atoms with Crippen molar-refractivity contribution in [1.82, 2.24) is 4.98 Å². The minimum Gasteiger partial charge on any atom is -0.490 e. The normalized spacial score (nSPS) is 17.8. The van der Waals surface area contributed by atoms with Crippen LogP contribution in [-0.2, 0) is 17.7 Å². The van der Waals surface area contributed by atoms with Gasteiger partial charge in [-0.05, 0) is 41.9 Å². The Morgan fingerprint density at radius 2 is 1.96 bits per heavy atom. The number of ether oxygens (including phenoxy) is 2. The highest BCUT2D eigenvalue weighted by molar-refractivity contribution is 6.31. The zero-order valence-corrected chi connectivity index (χ0v) is 17.7. The molecule has 2 aromatic rings. The Hall–Kier alpha value is -1.91. The van der Waals surface area contributed by atoms with Crippen LogP contribution in [0.15, 0.2) is 41.4 Å². The first-order valence-corrected chi connectivity index (χ1v) is 10.3. The monoisotopic (exact) mass is 400 g/mol. The van der Waals surface area contributed by atoms with Gasteiger partial charge in [-0.1, -0.05) is 55.8 Å². The standard InChI is InChI=1S/C23H29ClN2O2/c1-16(2)18-12-19-14-21(28-11-7-10-27-3)23(24)26-22(19)20(13-18)25-15-17-8-5-4-6-9-17/h4-6,8-9,14,16,18H,7,10-13,15H2,1-3H3. The molecule has 0 N–H and O–H groups in total. The molecule has 1 aromatic carbocycles. The highest BCUT2D eigenvalue weighted by Gasteiger charge is 2.28. The third-order valence-electron chi connectivity index (χ3n) is 5.22. The number of nitrogens with zero attached hydrogens (tertiary/aromatic N) is 2. The molecule has 0 amide bonds. The Bertz CT molecular complexity index is 806. The number of hydrogen-bond acceptors (Lipinski definition) is 4. The second kappa shape index (κ2) is 10.0. The molecule has 1 heterocycles. The number of halogens is 1. The summed E-state index contributed by atoms with van der Waals surface area (Å²) in [6, 6.07) is 12.4. The molecule has 28 heavy (non-hydrogen) atoms. The average molecular weight is 401 g/mol. The molecule has 0 bridgehead atoms. The molecular formula is C23H29ClN2O2. The summed E-state index contributed by atoms with van der Waals surface area (Å²) in [6.07, 6.45) is 2.74. The quantitative estimate of drug-likeness (QED) is 0.442. The van der Waals surface area contributed by atoms with Crippen molar-refractivity contribution in [2.45, 2.75) is 39.7 Å². The fraction of sp³-hybridized carbons (Fsp3) is 0.478. The fourth-order valence-electron chi connectivity index (χ4n) is 3.48. The fourth-order valence-corrected chi connectivity index (χ4v) is 3.68. The minimum atomic E-state index is 0.409. The smallest absolute Gasteiger partial charge is 0.171 e. The third kappa shape index (κ3) is 5.33. The number of rotatable bonds is 8. The molecule has 0 spiro atoms. The van der Waals surface area contributed by atoms with E-state index >= 15 is 0 Å². The minimum absolute atomic E-state index is 0.409. The number of fused-ring (bicyclic) bond motifs is 1. The molecule has 1 aromatic heterocycles. The van der Waals surface area contributed by atoms with E-state index in [0.29, 0.717) is 42.5 Å². The van der Waals surface area contributed by atoms with Crippen LogP contribution in [0.2, 0.25) is 5.15 Å². The van der Waals surface area contributed by atoms with E-state index in [1.54, 1.807) is 7.11 Å². The van der Waals surface area contributed by atoms with Crippen LogP contribution in [-0.4, -0.2) is 31.0 Å². The van der Waals surface area contributed by atoms with Crippen molar-refractivity contribution in [1.29, 1.82) is 0 Å². The van der Waals surface area contributed by atoms with Crippen molar-refractivity contribution < 1.29 is 9.47 Å². The molecule has 1 atom stereocenters. The number of aliphatic imine (C=N–C) groups is 1. The van der Waals surface area contributed by atoms with Gasteiger partial charge in [-0.3, -0.25) is 4.99 Å². The van der Waals surface area contributed by atoms with Crippen LogP contribution in [0.4, 0.5) is 0 Å². The van der Waals surface area contributed by atoms with Gasteiger partial charge in [-0.2, -0.15) is 0 Å². The molecule has 4 nitrogen and oxygen atoms in total. The lowest BCUT2D eigenvalue weighted by molar-refractivity contribution is 0.172.